The third kappa shape index (κ3) is 3.87. The van der Waals surface area contributed by atoms with Gasteiger partial charge in [-0.05, 0) is 34.1 Å². The minimum Gasteiger partial charge on any atom is -0.375 e. The van der Waals surface area contributed by atoms with Gasteiger partial charge in [-0.3, -0.25) is 0 Å². The summed E-state index contributed by atoms with van der Waals surface area (Å²) in [7, 11) is 0. The maximum Gasteiger partial charge on any atom is 0.317 e. The molecular weight excluding hydrogens is 312 g/mol. The number of ether oxygens (including phenoxy) is 2. The van der Waals surface area contributed by atoms with Gasteiger partial charge in [0, 0.05) is 19.0 Å². The highest BCUT2D eigenvalue weighted by Crippen LogP contribution is 2.26. The van der Waals surface area contributed by atoms with Crippen LogP contribution in [-0.4, -0.2) is 59.0 Å². The number of nitrogens with one attached hydrogen (secondary N) is 1. The zero-order valence-electron chi connectivity index (χ0n) is 14.7. The van der Waals surface area contributed by atoms with Gasteiger partial charge in [-0.25, -0.2) is 4.79 Å². The van der Waals surface area contributed by atoms with Crippen LogP contribution in [0.2, 0.25) is 0 Å². The van der Waals surface area contributed by atoms with Crippen molar-refractivity contribution < 1.29 is 18.8 Å². The molecule has 1 N–H and O–H groups in total. The second-order valence-electron chi connectivity index (χ2n) is 6.85. The number of rotatable bonds is 3. The molecule has 0 radical (unpaired) electrons. The van der Waals surface area contributed by atoms with Crippen LogP contribution in [0.5, 0.6) is 0 Å². The van der Waals surface area contributed by atoms with Crippen molar-refractivity contribution in [2.24, 2.45) is 5.92 Å². The smallest absolute Gasteiger partial charge is 0.317 e. The topological polar surface area (TPSA) is 89.7 Å². The molecule has 0 saturated carbocycles. The molecule has 8 nitrogen and oxygen atoms in total. The summed E-state index contributed by atoms with van der Waals surface area (Å²) in [5, 5.41) is 6.82. The van der Waals surface area contributed by atoms with Gasteiger partial charge in [0.15, 0.2) is 11.9 Å². The van der Waals surface area contributed by atoms with E-state index in [1.54, 1.807) is 11.8 Å². The van der Waals surface area contributed by atoms with Gasteiger partial charge in [0.25, 0.3) is 5.89 Å². The average molecular weight is 338 g/mol. The van der Waals surface area contributed by atoms with Crippen molar-refractivity contribution >= 4 is 6.03 Å². The van der Waals surface area contributed by atoms with E-state index in [4.69, 9.17) is 14.0 Å². The normalized spacial score (nSPS) is 33.7. The second kappa shape index (κ2) is 7.06. The number of aryl methyl sites for hydroxylation is 1. The number of urea groups is 1. The van der Waals surface area contributed by atoms with Crippen molar-refractivity contribution in [2.45, 2.75) is 58.5 Å². The summed E-state index contributed by atoms with van der Waals surface area (Å²) < 4.78 is 16.8. The van der Waals surface area contributed by atoms with Crippen LogP contribution < -0.4 is 5.32 Å². The summed E-state index contributed by atoms with van der Waals surface area (Å²) in [6, 6.07) is -0.0851. The lowest BCUT2D eigenvalue weighted by Crippen LogP contribution is -2.50. The molecule has 24 heavy (non-hydrogen) atoms. The Bertz CT molecular complexity index is 578. The Kier molecular flexibility index (Phi) is 5.05. The first-order chi connectivity index (χ1) is 11.4. The summed E-state index contributed by atoms with van der Waals surface area (Å²) in [6.07, 6.45) is 0.948. The Morgan fingerprint density at radius 2 is 2.04 bits per heavy atom. The zero-order chi connectivity index (χ0) is 17.3. The fourth-order valence-corrected chi connectivity index (χ4v) is 3.43. The number of carbonyl (C=O) groups is 1. The van der Waals surface area contributed by atoms with Gasteiger partial charge >= 0.3 is 6.03 Å². The van der Waals surface area contributed by atoms with Crippen molar-refractivity contribution in [1.29, 1.82) is 0 Å². The summed E-state index contributed by atoms with van der Waals surface area (Å²) >= 11 is 0. The molecule has 3 unspecified atom stereocenters. The SMILES string of the molecule is Cc1noc([C@H]2CN(C(=O)NCC3CC(C)OC3C)C[C@@H](C)O2)n1. The molecule has 2 aliphatic heterocycles. The highest BCUT2D eigenvalue weighted by atomic mass is 16.5. The van der Waals surface area contributed by atoms with Crippen LogP contribution in [0, 0.1) is 12.8 Å². The average Bonchev–Trinajstić information content (AvgIpc) is 3.09. The molecule has 0 aliphatic carbocycles. The van der Waals surface area contributed by atoms with E-state index in [0.29, 0.717) is 37.3 Å². The van der Waals surface area contributed by atoms with Crippen LogP contribution in [-0.2, 0) is 9.47 Å². The van der Waals surface area contributed by atoms with Gasteiger partial charge in [0.1, 0.15) is 0 Å². The molecule has 2 fully saturated rings. The lowest BCUT2D eigenvalue weighted by Gasteiger charge is -2.35. The summed E-state index contributed by atoms with van der Waals surface area (Å²) in [4.78, 5) is 18.5. The number of hydrogen-bond donors (Lipinski definition) is 1. The van der Waals surface area contributed by atoms with Gasteiger partial charge in [-0.15, -0.1) is 0 Å². The van der Waals surface area contributed by atoms with Gasteiger partial charge in [0.2, 0.25) is 0 Å². The van der Waals surface area contributed by atoms with E-state index in [1.165, 1.54) is 0 Å². The molecule has 2 amide bonds. The number of hydrogen-bond acceptors (Lipinski definition) is 6. The number of morpholine rings is 1. The highest BCUT2D eigenvalue weighted by Gasteiger charge is 2.34. The maximum absolute atomic E-state index is 12.5. The number of aromatic nitrogens is 2. The molecule has 1 aromatic rings. The summed E-state index contributed by atoms with van der Waals surface area (Å²) in [5.41, 5.74) is 0. The Morgan fingerprint density at radius 3 is 2.67 bits per heavy atom. The Balaban J connectivity index is 1.56. The van der Waals surface area contributed by atoms with Crippen LogP contribution >= 0.6 is 0 Å². The minimum absolute atomic E-state index is 0.0851. The second-order valence-corrected chi connectivity index (χ2v) is 6.85. The predicted molar refractivity (Wildman–Crippen MR) is 85.4 cm³/mol. The van der Waals surface area contributed by atoms with Crippen molar-refractivity contribution in [3.63, 3.8) is 0 Å². The first-order valence-electron chi connectivity index (χ1n) is 8.56. The van der Waals surface area contributed by atoms with Gasteiger partial charge < -0.3 is 24.2 Å². The number of amides is 2. The third-order valence-electron chi connectivity index (χ3n) is 4.63. The van der Waals surface area contributed by atoms with Crippen LogP contribution in [0.1, 0.15) is 45.0 Å². The fourth-order valence-electron chi connectivity index (χ4n) is 3.43. The van der Waals surface area contributed by atoms with E-state index in [9.17, 15) is 4.79 Å². The van der Waals surface area contributed by atoms with Crippen molar-refractivity contribution in [1.82, 2.24) is 20.4 Å². The molecule has 1 aromatic heterocycles. The quantitative estimate of drug-likeness (QED) is 0.901. The molecular formula is C16H26N4O4. The molecule has 2 aliphatic rings. The lowest BCUT2D eigenvalue weighted by atomic mass is 10.0. The molecule has 134 valence electrons. The van der Waals surface area contributed by atoms with E-state index in [2.05, 4.69) is 29.3 Å². The van der Waals surface area contributed by atoms with Crippen LogP contribution in [0.4, 0.5) is 4.79 Å². The van der Waals surface area contributed by atoms with Gasteiger partial charge in [-0.1, -0.05) is 5.16 Å². The van der Waals surface area contributed by atoms with Crippen LogP contribution in [0.25, 0.3) is 0 Å². The predicted octanol–water partition coefficient (Wildman–Crippen LogP) is 1.66. The monoisotopic (exact) mass is 338 g/mol. The summed E-state index contributed by atoms with van der Waals surface area (Å²) in [5.74, 6) is 1.34. The summed E-state index contributed by atoms with van der Waals surface area (Å²) in [6.45, 7) is 9.40. The number of nitrogens with zero attached hydrogens (tertiary/aromatic N) is 3. The molecule has 0 bridgehead atoms. The standard InChI is InChI=1S/C16H26N4O4/c1-9-5-13(11(3)22-9)6-17-16(21)20-7-10(2)23-14(8-20)15-18-12(4)19-24-15/h9-11,13-14H,5-8H2,1-4H3,(H,17,21)/t9?,10-,11?,13?,14-/m1/s1. The van der Waals surface area contributed by atoms with E-state index in [1.807, 2.05) is 6.92 Å². The third-order valence-corrected chi connectivity index (χ3v) is 4.63. The Labute approximate surface area is 141 Å². The lowest BCUT2D eigenvalue weighted by molar-refractivity contribution is -0.0782. The Hall–Kier alpha value is -1.67. The minimum atomic E-state index is -0.380. The molecule has 0 spiro atoms. The Morgan fingerprint density at radius 1 is 1.25 bits per heavy atom. The van der Waals surface area contributed by atoms with Crippen molar-refractivity contribution in [3.8, 4) is 0 Å². The van der Waals surface area contributed by atoms with E-state index in [0.717, 1.165) is 6.42 Å². The molecule has 0 aromatic carbocycles. The highest BCUT2D eigenvalue weighted by molar-refractivity contribution is 5.74. The number of carbonyl (C=O) groups excluding carboxylic acids is 1. The molecule has 5 atom stereocenters. The molecule has 8 heteroatoms. The largest absolute Gasteiger partial charge is 0.375 e. The van der Waals surface area contributed by atoms with Gasteiger partial charge in [0.05, 0.1) is 24.9 Å². The van der Waals surface area contributed by atoms with Crippen LogP contribution in [0.3, 0.4) is 0 Å². The van der Waals surface area contributed by atoms with Crippen molar-refractivity contribution in [3.05, 3.63) is 11.7 Å². The van der Waals surface area contributed by atoms with E-state index < -0.39 is 0 Å². The zero-order valence-corrected chi connectivity index (χ0v) is 14.7. The van der Waals surface area contributed by atoms with Crippen LogP contribution in [0.15, 0.2) is 4.52 Å². The molecule has 3 rings (SSSR count). The van der Waals surface area contributed by atoms with Gasteiger partial charge in [-0.2, -0.15) is 4.98 Å². The molecule has 3 heterocycles. The fraction of sp³-hybridized carbons (Fsp3) is 0.812. The van der Waals surface area contributed by atoms with Crippen molar-refractivity contribution in [2.75, 3.05) is 19.6 Å². The maximum atomic E-state index is 12.5. The molecule has 2 saturated heterocycles. The first kappa shape index (κ1) is 17.2. The van der Waals surface area contributed by atoms with E-state index in [-0.39, 0.29) is 30.4 Å². The van der Waals surface area contributed by atoms with E-state index >= 15 is 0 Å². The first-order valence-corrected chi connectivity index (χ1v) is 8.56.